The van der Waals surface area contributed by atoms with Crippen molar-refractivity contribution in [1.29, 1.82) is 0 Å². The van der Waals surface area contributed by atoms with E-state index in [4.69, 9.17) is 21.9 Å². The molecule has 0 saturated carbocycles. The predicted molar refractivity (Wildman–Crippen MR) is 42.8 cm³/mol. The Balaban J connectivity index is 2.70. The van der Waals surface area contributed by atoms with E-state index < -0.39 is 12.1 Å². The number of carboxylic acid groups (broad SMARTS) is 1. The van der Waals surface area contributed by atoms with Crippen molar-refractivity contribution in [2.75, 3.05) is 6.54 Å². The Bertz CT molecular complexity index is 219. The van der Waals surface area contributed by atoms with Crippen LogP contribution in [0.2, 0.25) is 0 Å². The Kier molecular flexibility index (Phi) is 2.75. The third-order valence-electron chi connectivity index (χ3n) is 1.87. The van der Waals surface area contributed by atoms with E-state index >= 15 is 0 Å². The first-order valence-corrected chi connectivity index (χ1v) is 3.91. The normalized spacial score (nSPS) is 24.6. The zero-order valence-electron chi connectivity index (χ0n) is 6.27. The van der Waals surface area contributed by atoms with Crippen LogP contribution >= 0.6 is 11.6 Å². The average Bonchev–Trinajstić information content (AvgIpc) is 2.50. The van der Waals surface area contributed by atoms with E-state index in [2.05, 4.69) is 5.16 Å². The molecule has 6 heteroatoms. The summed E-state index contributed by atoms with van der Waals surface area (Å²) in [5, 5.41) is 19.7. The van der Waals surface area contributed by atoms with Gasteiger partial charge < -0.3 is 10.3 Å². The van der Waals surface area contributed by atoms with Crippen LogP contribution in [0.15, 0.2) is 5.16 Å². The third kappa shape index (κ3) is 1.61. The first-order chi connectivity index (χ1) is 5.66. The molecule has 0 aromatic rings. The fourth-order valence-electron chi connectivity index (χ4n) is 1.31. The van der Waals surface area contributed by atoms with Crippen molar-refractivity contribution in [3.05, 3.63) is 0 Å². The number of likely N-dealkylation sites (tertiary alicyclic amines) is 1. The molecule has 1 atom stereocenters. The first-order valence-electron chi connectivity index (χ1n) is 3.54. The molecule has 2 N–H and O–H groups in total. The Morgan fingerprint density at radius 1 is 1.67 bits per heavy atom. The van der Waals surface area contributed by atoms with E-state index in [1.54, 1.807) is 0 Å². The topological polar surface area (TPSA) is 73.1 Å². The Morgan fingerprint density at radius 2 is 2.33 bits per heavy atom. The lowest BCUT2D eigenvalue weighted by molar-refractivity contribution is 0.149. The van der Waals surface area contributed by atoms with Gasteiger partial charge in [0.15, 0.2) is 5.17 Å². The molecule has 5 nitrogen and oxygen atoms in total. The molecular weight excluding hydrogens is 184 g/mol. The van der Waals surface area contributed by atoms with Gasteiger partial charge in [-0.25, -0.2) is 4.79 Å². The molecule has 68 valence electrons. The van der Waals surface area contributed by atoms with Crippen molar-refractivity contribution in [3.8, 4) is 0 Å². The lowest BCUT2D eigenvalue weighted by Gasteiger charge is -2.18. The summed E-state index contributed by atoms with van der Waals surface area (Å²) in [6.45, 7) is 0.450. The summed E-state index contributed by atoms with van der Waals surface area (Å²) < 4.78 is 0. The van der Waals surface area contributed by atoms with Gasteiger partial charge in [-0.2, -0.15) is 0 Å². The highest BCUT2D eigenvalue weighted by molar-refractivity contribution is 6.66. The fraction of sp³-hybridized carbons (Fsp3) is 0.667. The predicted octanol–water partition coefficient (Wildman–Crippen LogP) is 1.16. The molecule has 1 saturated heterocycles. The molecule has 0 aliphatic carbocycles. The van der Waals surface area contributed by atoms with Crippen LogP contribution in [0.1, 0.15) is 12.8 Å². The molecule has 1 aliphatic heterocycles. The molecule has 1 amide bonds. The maximum absolute atomic E-state index is 10.6. The second-order valence-electron chi connectivity index (χ2n) is 2.56. The van der Waals surface area contributed by atoms with Crippen LogP contribution in [0.25, 0.3) is 0 Å². The zero-order valence-corrected chi connectivity index (χ0v) is 7.03. The van der Waals surface area contributed by atoms with Gasteiger partial charge in [-0.15, -0.1) is 0 Å². The number of amides is 1. The molecule has 1 fully saturated rings. The molecule has 0 radical (unpaired) electrons. The molecular formula is C6H9ClN2O3. The summed E-state index contributed by atoms with van der Waals surface area (Å²) >= 11 is 5.51. The van der Waals surface area contributed by atoms with Gasteiger partial charge in [0.25, 0.3) is 0 Å². The Morgan fingerprint density at radius 3 is 2.83 bits per heavy atom. The SMILES string of the molecule is O=C(O)N1CCC[C@@H]1/C(Cl)=N/O. The highest BCUT2D eigenvalue weighted by atomic mass is 35.5. The summed E-state index contributed by atoms with van der Waals surface area (Å²) in [7, 11) is 0. The second kappa shape index (κ2) is 3.62. The van der Waals surface area contributed by atoms with Crippen molar-refractivity contribution >= 4 is 22.9 Å². The summed E-state index contributed by atoms with van der Waals surface area (Å²) in [5.41, 5.74) is 0. The number of hydrogen-bond donors (Lipinski definition) is 2. The maximum atomic E-state index is 10.6. The van der Waals surface area contributed by atoms with E-state index in [1.165, 1.54) is 4.90 Å². The fourth-order valence-corrected chi connectivity index (χ4v) is 1.54. The van der Waals surface area contributed by atoms with Gasteiger partial charge >= 0.3 is 6.09 Å². The van der Waals surface area contributed by atoms with Gasteiger partial charge in [-0.05, 0) is 12.8 Å². The molecule has 12 heavy (non-hydrogen) atoms. The van der Waals surface area contributed by atoms with Gasteiger partial charge in [0.1, 0.15) is 0 Å². The number of carbonyl (C=O) groups is 1. The molecule has 0 unspecified atom stereocenters. The minimum Gasteiger partial charge on any atom is -0.465 e. The lowest BCUT2D eigenvalue weighted by atomic mass is 10.2. The average molecular weight is 193 g/mol. The van der Waals surface area contributed by atoms with Crippen molar-refractivity contribution < 1.29 is 15.1 Å². The quantitative estimate of drug-likeness (QED) is 0.372. The van der Waals surface area contributed by atoms with Gasteiger partial charge in [0.2, 0.25) is 0 Å². The second-order valence-corrected chi connectivity index (χ2v) is 2.94. The third-order valence-corrected chi connectivity index (χ3v) is 2.20. The van der Waals surface area contributed by atoms with Crippen LogP contribution in [-0.4, -0.2) is 39.1 Å². The van der Waals surface area contributed by atoms with Gasteiger partial charge in [-0.3, -0.25) is 4.90 Å². The number of rotatable bonds is 1. The van der Waals surface area contributed by atoms with Crippen LogP contribution in [0, 0.1) is 0 Å². The largest absolute Gasteiger partial charge is 0.465 e. The van der Waals surface area contributed by atoms with Gasteiger partial charge in [0.05, 0.1) is 6.04 Å². The summed E-state index contributed by atoms with van der Waals surface area (Å²) in [5.74, 6) is 0. The highest BCUT2D eigenvalue weighted by Gasteiger charge is 2.31. The molecule has 1 rings (SSSR count). The first kappa shape index (κ1) is 9.12. The van der Waals surface area contributed by atoms with E-state index in [0.717, 1.165) is 6.42 Å². The van der Waals surface area contributed by atoms with E-state index in [9.17, 15) is 4.79 Å². The van der Waals surface area contributed by atoms with Crippen LogP contribution in [0.5, 0.6) is 0 Å². The standard InChI is InChI=1S/C6H9ClN2O3/c7-5(8-12)4-2-1-3-9(4)6(10)11/h4,12H,1-3H2,(H,10,11)/b8-5-/t4-/m1/s1. The minimum atomic E-state index is -1.03. The Labute approximate surface area is 74.2 Å². The van der Waals surface area contributed by atoms with Gasteiger partial charge in [0, 0.05) is 6.54 Å². The zero-order chi connectivity index (χ0) is 9.14. The number of hydrogen-bond acceptors (Lipinski definition) is 3. The van der Waals surface area contributed by atoms with Crippen LogP contribution in [0.4, 0.5) is 4.79 Å². The van der Waals surface area contributed by atoms with Crippen LogP contribution in [-0.2, 0) is 0 Å². The maximum Gasteiger partial charge on any atom is 0.407 e. The smallest absolute Gasteiger partial charge is 0.407 e. The Hall–Kier alpha value is -0.970. The van der Waals surface area contributed by atoms with Crippen molar-refractivity contribution in [2.24, 2.45) is 5.16 Å². The van der Waals surface area contributed by atoms with Crippen molar-refractivity contribution in [1.82, 2.24) is 4.90 Å². The molecule has 0 spiro atoms. The van der Waals surface area contributed by atoms with Crippen LogP contribution < -0.4 is 0 Å². The van der Waals surface area contributed by atoms with E-state index in [0.29, 0.717) is 13.0 Å². The molecule has 0 aromatic heterocycles. The molecule has 0 aromatic carbocycles. The summed E-state index contributed by atoms with van der Waals surface area (Å²) in [4.78, 5) is 11.7. The van der Waals surface area contributed by atoms with E-state index in [-0.39, 0.29) is 5.17 Å². The van der Waals surface area contributed by atoms with Crippen LogP contribution in [0.3, 0.4) is 0 Å². The summed E-state index contributed by atoms with van der Waals surface area (Å²) in [6, 6.07) is -0.464. The monoisotopic (exact) mass is 192 g/mol. The van der Waals surface area contributed by atoms with Crippen molar-refractivity contribution in [3.63, 3.8) is 0 Å². The number of nitrogens with zero attached hydrogens (tertiary/aromatic N) is 2. The molecule has 1 heterocycles. The number of oxime groups is 1. The highest BCUT2D eigenvalue weighted by Crippen LogP contribution is 2.19. The van der Waals surface area contributed by atoms with E-state index in [1.807, 2.05) is 0 Å². The molecule has 1 aliphatic rings. The summed E-state index contributed by atoms with van der Waals surface area (Å²) in [6.07, 6.45) is 0.344. The molecule has 0 bridgehead atoms. The van der Waals surface area contributed by atoms with Crippen molar-refractivity contribution in [2.45, 2.75) is 18.9 Å². The lowest BCUT2D eigenvalue weighted by Crippen LogP contribution is -2.37. The number of halogens is 1. The van der Waals surface area contributed by atoms with Gasteiger partial charge in [-0.1, -0.05) is 16.8 Å². The minimum absolute atomic E-state index is 0.0603.